The summed E-state index contributed by atoms with van der Waals surface area (Å²) in [5.41, 5.74) is 3.37. The average Bonchev–Trinajstić information content (AvgIpc) is 3.26. The van der Waals surface area contributed by atoms with Crippen molar-refractivity contribution in [1.29, 1.82) is 0 Å². The second kappa shape index (κ2) is 10.6. The topological polar surface area (TPSA) is 54.3 Å². The summed E-state index contributed by atoms with van der Waals surface area (Å²) in [6.45, 7) is 7.23. The number of benzene rings is 2. The van der Waals surface area contributed by atoms with Gasteiger partial charge in [0.1, 0.15) is 5.76 Å². The standard InChI is InChI=1S/C25H28N2O2S2/c1-25(2,3)20-11-9-18(10-12-20)23(28)19-6-4-7-21(16-19)27-24(30)26-13-15-31-17-22-8-5-14-29-22/h4-12,14,16H,13,15,17H2,1-3H3,(H2,26,27,30). The van der Waals surface area contributed by atoms with Crippen LogP contribution in [0.4, 0.5) is 5.69 Å². The van der Waals surface area contributed by atoms with Crippen LogP contribution in [0, 0.1) is 0 Å². The molecule has 0 spiro atoms. The Balaban J connectivity index is 1.51. The van der Waals surface area contributed by atoms with Gasteiger partial charge in [0.25, 0.3) is 0 Å². The summed E-state index contributed by atoms with van der Waals surface area (Å²) < 4.78 is 5.32. The number of thiocarbonyl (C=S) groups is 1. The molecule has 0 radical (unpaired) electrons. The van der Waals surface area contributed by atoms with Crippen LogP contribution in [-0.4, -0.2) is 23.2 Å². The first-order chi connectivity index (χ1) is 14.8. The van der Waals surface area contributed by atoms with Gasteiger partial charge in [0.15, 0.2) is 10.9 Å². The van der Waals surface area contributed by atoms with Gasteiger partial charge < -0.3 is 15.1 Å². The second-order valence-electron chi connectivity index (χ2n) is 8.25. The Bertz CT molecular complexity index is 1010. The Morgan fingerprint density at radius 3 is 2.48 bits per heavy atom. The van der Waals surface area contributed by atoms with E-state index in [1.165, 1.54) is 5.56 Å². The fourth-order valence-corrected chi connectivity index (χ4v) is 3.98. The minimum atomic E-state index is -0.00249. The summed E-state index contributed by atoms with van der Waals surface area (Å²) in [4.78, 5) is 12.9. The average molecular weight is 453 g/mol. The Morgan fingerprint density at radius 1 is 1.03 bits per heavy atom. The van der Waals surface area contributed by atoms with Crippen molar-refractivity contribution >= 4 is 40.6 Å². The van der Waals surface area contributed by atoms with Crippen molar-refractivity contribution in [3.8, 4) is 0 Å². The molecule has 0 fully saturated rings. The van der Waals surface area contributed by atoms with Gasteiger partial charge in [0.05, 0.1) is 12.0 Å². The molecule has 0 amide bonds. The van der Waals surface area contributed by atoms with Gasteiger partial charge in [0, 0.05) is 29.1 Å². The molecule has 2 N–H and O–H groups in total. The first kappa shape index (κ1) is 23.1. The fourth-order valence-electron chi connectivity index (χ4n) is 3.01. The Morgan fingerprint density at radius 2 is 1.81 bits per heavy atom. The lowest BCUT2D eigenvalue weighted by Crippen LogP contribution is -2.30. The highest BCUT2D eigenvalue weighted by Crippen LogP contribution is 2.23. The molecule has 0 saturated carbocycles. The van der Waals surface area contributed by atoms with Crippen LogP contribution in [-0.2, 0) is 11.2 Å². The number of hydrogen-bond acceptors (Lipinski definition) is 4. The van der Waals surface area contributed by atoms with Crippen molar-refractivity contribution in [2.75, 3.05) is 17.6 Å². The molecular formula is C25H28N2O2S2. The number of ketones is 1. The maximum Gasteiger partial charge on any atom is 0.193 e. The van der Waals surface area contributed by atoms with Crippen LogP contribution in [0.25, 0.3) is 0 Å². The normalized spacial score (nSPS) is 11.2. The van der Waals surface area contributed by atoms with Crippen LogP contribution in [0.15, 0.2) is 71.3 Å². The number of carbonyl (C=O) groups is 1. The third kappa shape index (κ3) is 6.97. The monoisotopic (exact) mass is 452 g/mol. The molecule has 6 heteroatoms. The molecule has 0 aliphatic heterocycles. The molecule has 3 rings (SSSR count). The van der Waals surface area contributed by atoms with Gasteiger partial charge in [-0.05, 0) is 47.5 Å². The predicted octanol–water partition coefficient (Wildman–Crippen LogP) is 6.03. The third-order valence-electron chi connectivity index (χ3n) is 4.75. The molecule has 3 aromatic rings. The molecule has 0 unspecified atom stereocenters. The molecule has 0 atom stereocenters. The zero-order valence-corrected chi connectivity index (χ0v) is 19.7. The van der Waals surface area contributed by atoms with E-state index in [0.29, 0.717) is 16.2 Å². The van der Waals surface area contributed by atoms with Crippen molar-refractivity contribution in [1.82, 2.24) is 5.32 Å². The van der Waals surface area contributed by atoms with Gasteiger partial charge in [-0.15, -0.1) is 0 Å². The van der Waals surface area contributed by atoms with E-state index in [9.17, 15) is 4.79 Å². The van der Waals surface area contributed by atoms with E-state index < -0.39 is 0 Å². The van der Waals surface area contributed by atoms with Crippen LogP contribution >= 0.6 is 24.0 Å². The lowest BCUT2D eigenvalue weighted by molar-refractivity contribution is 0.103. The van der Waals surface area contributed by atoms with Gasteiger partial charge in [0.2, 0.25) is 0 Å². The number of rotatable bonds is 8. The van der Waals surface area contributed by atoms with Crippen LogP contribution < -0.4 is 10.6 Å². The quantitative estimate of drug-likeness (QED) is 0.247. The van der Waals surface area contributed by atoms with Crippen LogP contribution in [0.3, 0.4) is 0 Å². The number of furan rings is 1. The summed E-state index contributed by atoms with van der Waals surface area (Å²) in [7, 11) is 0. The third-order valence-corrected chi connectivity index (χ3v) is 5.98. The van der Waals surface area contributed by atoms with E-state index in [0.717, 1.165) is 29.5 Å². The van der Waals surface area contributed by atoms with Crippen molar-refractivity contribution in [3.05, 3.63) is 89.4 Å². The van der Waals surface area contributed by atoms with E-state index in [1.54, 1.807) is 18.0 Å². The highest BCUT2D eigenvalue weighted by Gasteiger charge is 2.15. The van der Waals surface area contributed by atoms with Crippen molar-refractivity contribution < 1.29 is 9.21 Å². The van der Waals surface area contributed by atoms with E-state index in [2.05, 4.69) is 31.4 Å². The second-order valence-corrected chi connectivity index (χ2v) is 9.76. The van der Waals surface area contributed by atoms with E-state index in [-0.39, 0.29) is 11.2 Å². The molecular weight excluding hydrogens is 424 g/mol. The van der Waals surface area contributed by atoms with Crippen molar-refractivity contribution in [2.45, 2.75) is 31.9 Å². The number of nitrogens with one attached hydrogen (secondary N) is 2. The van der Waals surface area contributed by atoms with Gasteiger partial charge >= 0.3 is 0 Å². The van der Waals surface area contributed by atoms with E-state index >= 15 is 0 Å². The Hall–Kier alpha value is -2.57. The van der Waals surface area contributed by atoms with Gasteiger partial charge in [-0.25, -0.2) is 0 Å². The molecule has 0 aliphatic rings. The maximum atomic E-state index is 12.9. The molecule has 1 heterocycles. The summed E-state index contributed by atoms with van der Waals surface area (Å²) in [5.74, 6) is 2.72. The molecule has 31 heavy (non-hydrogen) atoms. The highest BCUT2D eigenvalue weighted by atomic mass is 32.2. The highest BCUT2D eigenvalue weighted by molar-refractivity contribution is 7.98. The smallest absolute Gasteiger partial charge is 0.193 e. The first-order valence-electron chi connectivity index (χ1n) is 10.2. The van der Waals surface area contributed by atoms with Crippen molar-refractivity contribution in [3.63, 3.8) is 0 Å². The zero-order chi connectivity index (χ0) is 22.3. The molecule has 2 aromatic carbocycles. The van der Waals surface area contributed by atoms with E-state index in [4.69, 9.17) is 16.6 Å². The molecule has 162 valence electrons. The SMILES string of the molecule is CC(C)(C)c1ccc(C(=O)c2cccc(NC(=S)NCCSCc3ccco3)c2)cc1. The van der Waals surface area contributed by atoms with Crippen molar-refractivity contribution in [2.24, 2.45) is 0 Å². The lowest BCUT2D eigenvalue weighted by atomic mass is 9.86. The van der Waals surface area contributed by atoms with Gasteiger partial charge in [-0.3, -0.25) is 4.79 Å². The lowest BCUT2D eigenvalue weighted by Gasteiger charge is -2.19. The van der Waals surface area contributed by atoms with Gasteiger partial charge in [-0.2, -0.15) is 11.8 Å². The van der Waals surface area contributed by atoms with Gasteiger partial charge in [-0.1, -0.05) is 57.2 Å². The molecule has 0 aliphatic carbocycles. The summed E-state index contributed by atoms with van der Waals surface area (Å²) >= 11 is 7.16. The molecule has 0 saturated heterocycles. The minimum absolute atomic E-state index is 0.00249. The zero-order valence-electron chi connectivity index (χ0n) is 18.1. The fraction of sp³-hybridized carbons (Fsp3) is 0.280. The van der Waals surface area contributed by atoms with Crippen LogP contribution in [0.1, 0.15) is 48.0 Å². The summed E-state index contributed by atoms with van der Waals surface area (Å²) in [6.07, 6.45) is 1.69. The number of anilines is 1. The first-order valence-corrected chi connectivity index (χ1v) is 11.8. The minimum Gasteiger partial charge on any atom is -0.468 e. The Kier molecular flexibility index (Phi) is 7.93. The molecule has 1 aromatic heterocycles. The summed E-state index contributed by atoms with van der Waals surface area (Å²) in [6, 6.07) is 19.1. The largest absolute Gasteiger partial charge is 0.468 e. The maximum absolute atomic E-state index is 12.9. The van der Waals surface area contributed by atoms with Crippen LogP contribution in [0.5, 0.6) is 0 Å². The summed E-state index contributed by atoms with van der Waals surface area (Å²) in [5, 5.41) is 6.90. The molecule has 4 nitrogen and oxygen atoms in total. The predicted molar refractivity (Wildman–Crippen MR) is 134 cm³/mol. The number of hydrogen-bond donors (Lipinski definition) is 2. The Labute approximate surface area is 193 Å². The number of thioether (sulfide) groups is 1. The number of carbonyl (C=O) groups excluding carboxylic acids is 1. The van der Waals surface area contributed by atoms with Crippen LogP contribution in [0.2, 0.25) is 0 Å². The molecule has 0 bridgehead atoms. The van der Waals surface area contributed by atoms with E-state index in [1.807, 2.05) is 60.7 Å².